The van der Waals surface area contributed by atoms with Crippen molar-refractivity contribution in [3.8, 4) is 5.75 Å². The number of halogens is 20. The zero-order valence-corrected chi connectivity index (χ0v) is 34.5. The van der Waals surface area contributed by atoms with Crippen molar-refractivity contribution in [2.24, 2.45) is 0 Å². The van der Waals surface area contributed by atoms with E-state index in [4.69, 9.17) is 4.74 Å². The van der Waals surface area contributed by atoms with Crippen molar-refractivity contribution in [1.29, 1.82) is 0 Å². The van der Waals surface area contributed by atoms with Gasteiger partial charge in [-0.05, 0) is 56.5 Å². The molecule has 0 fully saturated rings. The predicted octanol–water partition coefficient (Wildman–Crippen LogP) is 10.0. The van der Waals surface area contributed by atoms with Crippen molar-refractivity contribution in [3.05, 3.63) is 189 Å². The normalized spacial score (nSPS) is 11.8. The fourth-order valence-electron chi connectivity index (χ4n) is 7.47. The molecule has 362 valence electrons. The lowest BCUT2D eigenvalue weighted by Crippen LogP contribution is -2.81. The van der Waals surface area contributed by atoms with E-state index >= 15 is 35.1 Å². The van der Waals surface area contributed by atoms with Gasteiger partial charge in [0.1, 0.15) is 64.0 Å². The third kappa shape index (κ3) is 8.68. The number of fused-ring (bicyclic) bond motifs is 1. The summed E-state index contributed by atoms with van der Waals surface area (Å²) in [6.45, 7) is 6.33. The van der Waals surface area contributed by atoms with Crippen LogP contribution in [-0.2, 0) is 6.54 Å². The second-order valence-corrected chi connectivity index (χ2v) is 15.7. The summed E-state index contributed by atoms with van der Waals surface area (Å²) in [5.74, 6) is -70.5. The average Bonchev–Trinajstić information content (AvgIpc) is 3.31. The van der Waals surface area contributed by atoms with E-state index in [9.17, 15) is 57.5 Å². The molecule has 0 unspecified atom stereocenters. The van der Waals surface area contributed by atoms with Crippen molar-refractivity contribution >= 4 is 44.6 Å². The molecule has 0 spiro atoms. The highest BCUT2D eigenvalue weighted by molar-refractivity contribution is 7.20. The molecule has 0 aliphatic rings. The molecule has 0 aliphatic heterocycles. The highest BCUT2D eigenvalue weighted by Crippen LogP contribution is 2.31. The number of rotatable bonds is 8. The molecular weight excluding hydrogens is 977 g/mol. The topological polar surface area (TPSA) is 30.2 Å². The van der Waals surface area contributed by atoms with Gasteiger partial charge in [0.2, 0.25) is 12.3 Å². The summed E-state index contributed by atoms with van der Waals surface area (Å²) in [6.07, 6.45) is -3.27. The Kier molecular flexibility index (Phi) is 13.9. The number of ketones is 1. The SMILES string of the molecule is CC(C)(C)Oc1ccc(C(=O)C[n+]2ccc3ccccc3c2)cc1.Fc1c(F)c(F)c([B-](c2c(F)c(F)c(F)c(F)c2F)(c2c(F)c(F)c(F)c(F)c2F)c2c(F)c(F)c(F)c(F)c2F)c(F)c1F. The first-order valence-corrected chi connectivity index (χ1v) is 19.0. The lowest BCUT2D eigenvalue weighted by Gasteiger charge is -2.44. The highest BCUT2D eigenvalue weighted by Gasteiger charge is 2.52. The molecule has 1 heterocycles. The zero-order valence-electron chi connectivity index (χ0n) is 34.5. The quantitative estimate of drug-likeness (QED) is 0.0379. The monoisotopic (exact) mass is 999 g/mol. The van der Waals surface area contributed by atoms with Crippen LogP contribution in [0, 0.1) is 116 Å². The smallest absolute Gasteiger partial charge is 0.227 e. The summed E-state index contributed by atoms with van der Waals surface area (Å²) in [7, 11) is 0. The van der Waals surface area contributed by atoms with Crippen LogP contribution >= 0.6 is 0 Å². The Morgan fingerprint density at radius 2 is 0.710 bits per heavy atom. The second kappa shape index (κ2) is 18.7. The minimum Gasteiger partial charge on any atom is -0.488 e. The molecule has 0 saturated carbocycles. The molecule has 7 rings (SSSR count). The van der Waals surface area contributed by atoms with Gasteiger partial charge in [0.05, 0.1) is 0 Å². The van der Waals surface area contributed by atoms with Gasteiger partial charge >= 0.3 is 0 Å². The Morgan fingerprint density at radius 3 is 1.01 bits per heavy atom. The number of hydrogen-bond donors (Lipinski definition) is 0. The molecular formula is C45H22BF20NO2. The van der Waals surface area contributed by atoms with Crippen LogP contribution < -0.4 is 31.2 Å². The maximum atomic E-state index is 15.4. The summed E-state index contributed by atoms with van der Waals surface area (Å²) in [5, 5.41) is 2.30. The van der Waals surface area contributed by atoms with E-state index in [0.717, 1.165) is 11.1 Å². The van der Waals surface area contributed by atoms with Gasteiger partial charge in [-0.1, -0.05) is 18.2 Å². The van der Waals surface area contributed by atoms with E-state index in [-0.39, 0.29) is 11.4 Å². The van der Waals surface area contributed by atoms with Crippen molar-refractivity contribution < 1.29 is 102 Å². The number of aromatic nitrogens is 1. The third-order valence-corrected chi connectivity index (χ3v) is 10.4. The van der Waals surface area contributed by atoms with Crippen molar-refractivity contribution in [1.82, 2.24) is 0 Å². The van der Waals surface area contributed by atoms with Crippen LogP contribution in [0.5, 0.6) is 5.75 Å². The summed E-state index contributed by atoms with van der Waals surface area (Å²) < 4.78 is 302. The predicted molar refractivity (Wildman–Crippen MR) is 205 cm³/mol. The van der Waals surface area contributed by atoms with Crippen molar-refractivity contribution in [2.45, 2.75) is 32.9 Å². The molecule has 0 radical (unpaired) electrons. The largest absolute Gasteiger partial charge is 0.488 e. The van der Waals surface area contributed by atoms with Crippen LogP contribution in [0.15, 0.2) is 67.0 Å². The minimum absolute atomic E-state index is 0.0811. The molecule has 1 aromatic heterocycles. The number of Topliss-reactive ketones (excluding diaryl/α,β-unsaturated/α-hetero) is 1. The maximum absolute atomic E-state index is 15.4. The fraction of sp³-hybridized carbons (Fsp3) is 0.111. The average molecular weight is 999 g/mol. The van der Waals surface area contributed by atoms with Gasteiger partial charge in [-0.25, -0.2) is 87.8 Å². The Bertz CT molecular complexity index is 2850. The summed E-state index contributed by atoms with van der Waals surface area (Å²) in [6, 6.07) is 17.5. The molecule has 24 heteroatoms. The van der Waals surface area contributed by atoms with Crippen molar-refractivity contribution in [2.75, 3.05) is 0 Å². The Balaban J connectivity index is 0.000000273. The fourth-order valence-corrected chi connectivity index (χ4v) is 7.47. The number of pyridine rings is 1. The third-order valence-electron chi connectivity index (χ3n) is 10.4. The van der Waals surface area contributed by atoms with Crippen LogP contribution in [0.25, 0.3) is 10.8 Å². The number of carbonyl (C=O) groups excluding carboxylic acids is 1. The van der Waals surface area contributed by atoms with E-state index in [1.54, 1.807) is 0 Å². The lowest BCUT2D eigenvalue weighted by molar-refractivity contribution is -0.681. The molecule has 0 saturated heterocycles. The van der Waals surface area contributed by atoms with Gasteiger partial charge in [-0.15, -0.1) is 21.9 Å². The molecule has 69 heavy (non-hydrogen) atoms. The molecule has 0 atom stereocenters. The van der Waals surface area contributed by atoms with Crippen LogP contribution in [0.2, 0.25) is 0 Å². The van der Waals surface area contributed by atoms with Gasteiger partial charge in [0.25, 0.3) is 0 Å². The summed E-state index contributed by atoms with van der Waals surface area (Å²) in [5.41, 5.74) is -13.9. The number of benzene rings is 6. The van der Waals surface area contributed by atoms with E-state index in [1.807, 2.05) is 80.2 Å². The van der Waals surface area contributed by atoms with E-state index in [1.165, 1.54) is 5.39 Å². The van der Waals surface area contributed by atoms with Gasteiger partial charge in [-0.2, -0.15) is 4.57 Å². The minimum atomic E-state index is -7.22. The van der Waals surface area contributed by atoms with Gasteiger partial charge < -0.3 is 4.74 Å². The second-order valence-electron chi connectivity index (χ2n) is 15.7. The van der Waals surface area contributed by atoms with E-state index in [0.29, 0.717) is 12.1 Å². The standard InChI is InChI=1S/C24BF20.C21H22NO2/c26-5-1(6(27)14(35)21(42)13(5)34)25(2-7(28)15(36)22(43)16(37)8(2)29,3-9(30)17(38)23(44)18(39)10(3)31)4-11(32)19(40)24(45)20(41)12(4)33;1-21(2,3)24-19-10-8-17(9-11-19)20(23)15-22-13-12-16-6-4-5-7-18(16)14-22/h;4-14H,15H2,1-3H3/q-1;+1. The van der Waals surface area contributed by atoms with Gasteiger partial charge in [-0.3, -0.25) is 4.79 Å². The van der Waals surface area contributed by atoms with Crippen molar-refractivity contribution in [3.63, 3.8) is 0 Å². The molecule has 0 aliphatic carbocycles. The Labute approximate surface area is 373 Å². The lowest BCUT2D eigenvalue weighted by atomic mass is 9.12. The van der Waals surface area contributed by atoms with E-state index in [2.05, 4.69) is 12.1 Å². The van der Waals surface area contributed by atoms with E-state index < -0.39 is 144 Å². The molecule has 0 bridgehead atoms. The molecule has 3 nitrogen and oxygen atoms in total. The number of nitrogens with zero attached hydrogens (tertiary/aromatic N) is 1. The summed E-state index contributed by atoms with van der Waals surface area (Å²) >= 11 is 0. The van der Waals surface area contributed by atoms with Crippen LogP contribution in [-0.4, -0.2) is 17.5 Å². The van der Waals surface area contributed by atoms with Crippen LogP contribution in [0.3, 0.4) is 0 Å². The first-order valence-electron chi connectivity index (χ1n) is 19.0. The number of ether oxygens (including phenoxy) is 1. The molecule has 0 amide bonds. The highest BCUT2D eigenvalue weighted by atomic mass is 19.2. The Morgan fingerprint density at radius 1 is 0.420 bits per heavy atom. The van der Waals surface area contributed by atoms with Crippen LogP contribution in [0.4, 0.5) is 87.8 Å². The van der Waals surface area contributed by atoms with Gasteiger partial charge in [0.15, 0.2) is 82.2 Å². The first kappa shape index (κ1) is 51.3. The molecule has 0 N–H and O–H groups in total. The number of hydrogen-bond acceptors (Lipinski definition) is 2. The molecule has 7 aromatic rings. The maximum Gasteiger partial charge on any atom is 0.227 e. The van der Waals surface area contributed by atoms with Gasteiger partial charge in [0, 0.05) is 17.0 Å². The number of carbonyl (C=O) groups is 1. The molecule has 6 aromatic carbocycles. The Hall–Kier alpha value is -7.14. The first-order chi connectivity index (χ1) is 32.1. The van der Waals surface area contributed by atoms with Crippen LogP contribution in [0.1, 0.15) is 31.1 Å². The zero-order chi connectivity index (χ0) is 51.5. The summed E-state index contributed by atoms with van der Waals surface area (Å²) in [4.78, 5) is 12.5.